The summed E-state index contributed by atoms with van der Waals surface area (Å²) in [4.78, 5) is 13.3. The smallest absolute Gasteiger partial charge is 0.264 e. The van der Waals surface area contributed by atoms with Gasteiger partial charge in [0.25, 0.3) is 5.91 Å². The fourth-order valence-corrected chi connectivity index (χ4v) is 1.94. The second-order valence-corrected chi connectivity index (χ2v) is 3.62. The second-order valence-electron chi connectivity index (χ2n) is 3.62. The molecular weight excluding hydrogens is 190 g/mol. The molecule has 1 heterocycles. The van der Waals surface area contributed by atoms with Gasteiger partial charge in [-0.3, -0.25) is 4.79 Å². The van der Waals surface area contributed by atoms with Crippen LogP contribution in [0.5, 0.6) is 0 Å². The number of carbonyl (C=O) groups is 1. The summed E-state index contributed by atoms with van der Waals surface area (Å²) >= 11 is 0. The van der Waals surface area contributed by atoms with Gasteiger partial charge in [-0.05, 0) is 6.07 Å². The molecule has 76 valence electrons. The van der Waals surface area contributed by atoms with Gasteiger partial charge >= 0.3 is 0 Å². The standard InChI is InChI=1S/C12H11NO2/c1-3-8-12(15)9-6-4-5-7-10(9)13(2)11(12)14/h1,4-7,15H,8H2,2H3. The fraction of sp³-hybridized carbons (Fsp3) is 0.250. The van der Waals surface area contributed by atoms with Gasteiger partial charge in [0.1, 0.15) is 0 Å². The predicted molar refractivity (Wildman–Crippen MR) is 57.2 cm³/mol. The lowest BCUT2D eigenvalue weighted by atomic mass is 9.92. The molecule has 2 rings (SSSR count). The largest absolute Gasteiger partial charge is 0.374 e. The highest BCUT2D eigenvalue weighted by Crippen LogP contribution is 2.40. The molecule has 0 radical (unpaired) electrons. The minimum absolute atomic E-state index is 0.00713. The third-order valence-corrected chi connectivity index (χ3v) is 2.73. The molecule has 0 aliphatic carbocycles. The van der Waals surface area contributed by atoms with Gasteiger partial charge in [-0.25, -0.2) is 0 Å². The number of rotatable bonds is 1. The van der Waals surface area contributed by atoms with Gasteiger partial charge in [0.15, 0.2) is 5.60 Å². The summed E-state index contributed by atoms with van der Waals surface area (Å²) in [5, 5.41) is 10.2. The number of nitrogens with zero attached hydrogens (tertiary/aromatic N) is 1. The van der Waals surface area contributed by atoms with Gasteiger partial charge < -0.3 is 10.0 Å². The van der Waals surface area contributed by atoms with Crippen molar-refractivity contribution in [1.82, 2.24) is 0 Å². The van der Waals surface area contributed by atoms with E-state index in [4.69, 9.17) is 6.42 Å². The third kappa shape index (κ3) is 1.15. The average Bonchev–Trinajstić information content (AvgIpc) is 2.43. The van der Waals surface area contributed by atoms with Gasteiger partial charge in [-0.1, -0.05) is 18.2 Å². The first-order valence-electron chi connectivity index (χ1n) is 4.65. The van der Waals surface area contributed by atoms with Crippen LogP contribution < -0.4 is 4.90 Å². The van der Waals surface area contributed by atoms with Gasteiger partial charge in [-0.15, -0.1) is 12.3 Å². The summed E-state index contributed by atoms with van der Waals surface area (Å²) in [5.41, 5.74) is -0.226. The lowest BCUT2D eigenvalue weighted by Crippen LogP contribution is -2.38. The van der Waals surface area contributed by atoms with Crippen molar-refractivity contribution in [3.63, 3.8) is 0 Å². The first-order valence-corrected chi connectivity index (χ1v) is 4.65. The van der Waals surface area contributed by atoms with Crippen LogP contribution in [0.25, 0.3) is 0 Å². The highest BCUT2D eigenvalue weighted by Gasteiger charge is 2.47. The molecule has 1 aliphatic rings. The zero-order chi connectivity index (χ0) is 11.1. The summed E-state index contributed by atoms with van der Waals surface area (Å²) in [6.45, 7) is 0. The zero-order valence-corrected chi connectivity index (χ0v) is 8.40. The zero-order valence-electron chi connectivity index (χ0n) is 8.40. The van der Waals surface area contributed by atoms with E-state index in [1.54, 1.807) is 25.2 Å². The Morgan fingerprint density at radius 3 is 2.87 bits per heavy atom. The number of anilines is 1. The summed E-state index contributed by atoms with van der Waals surface area (Å²) < 4.78 is 0. The molecule has 1 aromatic rings. The molecule has 0 bridgehead atoms. The molecule has 0 saturated heterocycles. The molecule has 1 atom stereocenters. The number of fused-ring (bicyclic) bond motifs is 1. The van der Waals surface area contributed by atoms with Crippen molar-refractivity contribution >= 4 is 11.6 Å². The Labute approximate surface area is 88.3 Å². The Kier molecular flexibility index (Phi) is 2.02. The number of aliphatic hydroxyl groups is 1. The first kappa shape index (κ1) is 9.75. The second kappa shape index (κ2) is 3.11. The Morgan fingerprint density at radius 2 is 2.20 bits per heavy atom. The van der Waals surface area contributed by atoms with Gasteiger partial charge in [-0.2, -0.15) is 0 Å². The maximum Gasteiger partial charge on any atom is 0.264 e. The summed E-state index contributed by atoms with van der Waals surface area (Å²) in [6, 6.07) is 7.13. The Bertz CT molecular complexity index is 461. The number of carbonyl (C=O) groups excluding carboxylic acids is 1. The molecule has 0 aromatic heterocycles. The van der Waals surface area contributed by atoms with Crippen LogP contribution in [0.15, 0.2) is 24.3 Å². The van der Waals surface area contributed by atoms with Crippen molar-refractivity contribution < 1.29 is 9.90 Å². The van der Waals surface area contributed by atoms with E-state index >= 15 is 0 Å². The van der Waals surface area contributed by atoms with Crippen molar-refractivity contribution in [1.29, 1.82) is 0 Å². The number of para-hydroxylation sites is 1. The topological polar surface area (TPSA) is 40.5 Å². The van der Waals surface area contributed by atoms with Crippen LogP contribution in [0.3, 0.4) is 0 Å². The molecule has 15 heavy (non-hydrogen) atoms. The number of hydrogen-bond acceptors (Lipinski definition) is 2. The molecule has 1 aliphatic heterocycles. The SMILES string of the molecule is C#CCC1(O)C(=O)N(C)c2ccccc21. The lowest BCUT2D eigenvalue weighted by molar-refractivity contribution is -0.135. The van der Waals surface area contributed by atoms with Crippen molar-refractivity contribution in [2.45, 2.75) is 12.0 Å². The highest BCUT2D eigenvalue weighted by atomic mass is 16.3. The maximum absolute atomic E-state index is 11.9. The third-order valence-electron chi connectivity index (χ3n) is 2.73. The van der Waals surface area contributed by atoms with Crippen molar-refractivity contribution in [2.75, 3.05) is 11.9 Å². The van der Waals surface area contributed by atoms with Crippen molar-refractivity contribution in [3.05, 3.63) is 29.8 Å². The summed E-state index contributed by atoms with van der Waals surface area (Å²) in [5.74, 6) is 1.98. The first-order chi connectivity index (χ1) is 7.11. The summed E-state index contributed by atoms with van der Waals surface area (Å²) in [6.07, 6.45) is 5.18. The molecule has 0 saturated carbocycles. The van der Waals surface area contributed by atoms with E-state index in [9.17, 15) is 9.90 Å². The normalized spacial score (nSPS) is 23.8. The molecule has 0 fully saturated rings. The monoisotopic (exact) mass is 201 g/mol. The van der Waals surface area contributed by atoms with E-state index in [-0.39, 0.29) is 12.3 Å². The number of likely N-dealkylation sites (N-methyl/N-ethyl adjacent to an activating group) is 1. The van der Waals surface area contributed by atoms with Crippen LogP contribution in [0.4, 0.5) is 5.69 Å². The van der Waals surface area contributed by atoms with Crippen molar-refractivity contribution in [3.8, 4) is 12.3 Å². The average molecular weight is 201 g/mol. The van der Waals surface area contributed by atoms with E-state index < -0.39 is 5.60 Å². The van der Waals surface area contributed by atoms with E-state index in [1.807, 2.05) is 6.07 Å². The Balaban J connectivity index is 2.62. The fourth-order valence-electron chi connectivity index (χ4n) is 1.94. The molecule has 1 amide bonds. The minimum Gasteiger partial charge on any atom is -0.374 e. The van der Waals surface area contributed by atoms with Crippen LogP contribution in [0.1, 0.15) is 12.0 Å². The summed E-state index contributed by atoms with van der Waals surface area (Å²) in [7, 11) is 1.63. The van der Waals surface area contributed by atoms with Crippen LogP contribution >= 0.6 is 0 Å². The molecule has 0 spiro atoms. The van der Waals surface area contributed by atoms with Crippen molar-refractivity contribution in [2.24, 2.45) is 0 Å². The maximum atomic E-state index is 11.9. The molecule has 3 heteroatoms. The number of terminal acetylenes is 1. The quantitative estimate of drug-likeness (QED) is 0.685. The van der Waals surface area contributed by atoms with Crippen LogP contribution in [0, 0.1) is 12.3 Å². The number of amides is 1. The molecule has 1 aromatic carbocycles. The van der Waals surface area contributed by atoms with E-state index in [0.29, 0.717) is 5.56 Å². The van der Waals surface area contributed by atoms with E-state index in [2.05, 4.69) is 5.92 Å². The van der Waals surface area contributed by atoms with Gasteiger partial charge in [0.2, 0.25) is 0 Å². The van der Waals surface area contributed by atoms with Crippen LogP contribution in [-0.4, -0.2) is 18.1 Å². The Morgan fingerprint density at radius 1 is 1.53 bits per heavy atom. The van der Waals surface area contributed by atoms with Crippen LogP contribution in [-0.2, 0) is 10.4 Å². The molecule has 1 N–H and O–H groups in total. The van der Waals surface area contributed by atoms with E-state index in [0.717, 1.165) is 5.69 Å². The predicted octanol–water partition coefficient (Wildman–Crippen LogP) is 0.874. The van der Waals surface area contributed by atoms with Gasteiger partial charge in [0, 0.05) is 12.6 Å². The lowest BCUT2D eigenvalue weighted by Gasteiger charge is -2.18. The highest BCUT2D eigenvalue weighted by molar-refractivity contribution is 6.06. The van der Waals surface area contributed by atoms with Gasteiger partial charge in [0.05, 0.1) is 12.1 Å². The molecular formula is C12H11NO2. The minimum atomic E-state index is -1.54. The van der Waals surface area contributed by atoms with Crippen LogP contribution in [0.2, 0.25) is 0 Å². The Hall–Kier alpha value is -1.79. The number of hydrogen-bond donors (Lipinski definition) is 1. The number of benzene rings is 1. The van der Waals surface area contributed by atoms with E-state index in [1.165, 1.54) is 4.90 Å². The molecule has 1 unspecified atom stereocenters. The molecule has 3 nitrogen and oxygen atoms in total.